The van der Waals surface area contributed by atoms with E-state index < -0.39 is 0 Å². The lowest BCUT2D eigenvalue weighted by Crippen LogP contribution is -2.41. The van der Waals surface area contributed by atoms with E-state index in [1.54, 1.807) is 0 Å². The lowest BCUT2D eigenvalue weighted by Gasteiger charge is -2.29. The summed E-state index contributed by atoms with van der Waals surface area (Å²) < 4.78 is 0. The first-order valence-corrected chi connectivity index (χ1v) is 5.99. The second kappa shape index (κ2) is 3.92. The molecule has 1 amide bonds. The predicted molar refractivity (Wildman–Crippen MR) is 56.8 cm³/mol. The molecule has 0 aromatic heterocycles. The van der Waals surface area contributed by atoms with Crippen LogP contribution in [0.4, 0.5) is 0 Å². The topological polar surface area (TPSA) is 29.1 Å². The maximum Gasteiger partial charge on any atom is 0.223 e. The molecule has 2 fully saturated rings. The minimum Gasteiger partial charge on any atom is -0.353 e. The summed E-state index contributed by atoms with van der Waals surface area (Å²) in [5.41, 5.74) is 0. The van der Waals surface area contributed by atoms with Crippen LogP contribution in [0.1, 0.15) is 46.0 Å². The van der Waals surface area contributed by atoms with Gasteiger partial charge in [0.1, 0.15) is 0 Å². The summed E-state index contributed by atoms with van der Waals surface area (Å²) >= 11 is 0. The Morgan fingerprint density at radius 2 is 1.79 bits per heavy atom. The highest BCUT2D eigenvalue weighted by atomic mass is 16.2. The predicted octanol–water partition coefficient (Wildman–Crippen LogP) is 2.34. The molecule has 0 unspecified atom stereocenters. The van der Waals surface area contributed by atoms with Crippen molar-refractivity contribution in [3.63, 3.8) is 0 Å². The van der Waals surface area contributed by atoms with E-state index in [0.29, 0.717) is 29.7 Å². The maximum absolute atomic E-state index is 11.7. The zero-order valence-corrected chi connectivity index (χ0v) is 9.25. The summed E-state index contributed by atoms with van der Waals surface area (Å²) in [6.45, 7) is 4.43. The molecule has 80 valence electrons. The van der Waals surface area contributed by atoms with Crippen LogP contribution in [0.5, 0.6) is 0 Å². The number of rotatable bonds is 2. The van der Waals surface area contributed by atoms with Crippen LogP contribution in [0.2, 0.25) is 0 Å². The monoisotopic (exact) mass is 195 g/mol. The molecule has 2 aliphatic rings. The van der Waals surface area contributed by atoms with E-state index in [0.717, 1.165) is 6.42 Å². The molecule has 2 nitrogen and oxygen atoms in total. The molecular weight excluding hydrogens is 174 g/mol. The minimum absolute atomic E-state index is 0.316. The molecule has 1 N–H and O–H groups in total. The van der Waals surface area contributed by atoms with Crippen LogP contribution >= 0.6 is 0 Å². The van der Waals surface area contributed by atoms with E-state index in [9.17, 15) is 4.79 Å². The van der Waals surface area contributed by atoms with Crippen molar-refractivity contribution in [2.24, 2.45) is 17.8 Å². The largest absolute Gasteiger partial charge is 0.353 e. The third-order valence-electron chi connectivity index (χ3n) is 3.89. The van der Waals surface area contributed by atoms with E-state index in [1.165, 1.54) is 25.7 Å². The number of carbonyl (C=O) groups excluding carboxylic acids is 1. The van der Waals surface area contributed by atoms with Crippen molar-refractivity contribution >= 4 is 5.91 Å². The zero-order valence-electron chi connectivity index (χ0n) is 9.25. The molecule has 0 saturated heterocycles. The Kier molecular flexibility index (Phi) is 2.80. The fourth-order valence-electron chi connectivity index (χ4n) is 2.51. The molecule has 2 heteroatoms. The Hall–Kier alpha value is -0.530. The summed E-state index contributed by atoms with van der Waals surface area (Å²) in [6.07, 6.45) is 6.20. The van der Waals surface area contributed by atoms with Crippen LogP contribution in [-0.2, 0) is 4.79 Å². The van der Waals surface area contributed by atoms with Crippen molar-refractivity contribution in [3.8, 4) is 0 Å². The third kappa shape index (κ3) is 2.10. The standard InChI is InChI=1S/C12H21NO/c1-8-5-3-4-6-11(8)13-12(14)10-7-9(10)2/h8-11H,3-7H2,1-2H3,(H,13,14)/t8-,9-,10+,11+/m1/s1. The number of amides is 1. The Morgan fingerprint density at radius 1 is 1.14 bits per heavy atom. The van der Waals surface area contributed by atoms with Gasteiger partial charge in [0.15, 0.2) is 0 Å². The molecule has 0 bridgehead atoms. The van der Waals surface area contributed by atoms with Crippen LogP contribution in [0, 0.1) is 17.8 Å². The number of hydrogen-bond donors (Lipinski definition) is 1. The Bertz CT molecular complexity index is 226. The maximum atomic E-state index is 11.7. The van der Waals surface area contributed by atoms with Crippen molar-refractivity contribution in [1.29, 1.82) is 0 Å². The van der Waals surface area contributed by atoms with Crippen molar-refractivity contribution in [3.05, 3.63) is 0 Å². The van der Waals surface area contributed by atoms with Crippen LogP contribution in [0.15, 0.2) is 0 Å². The first-order chi connectivity index (χ1) is 6.68. The van der Waals surface area contributed by atoms with E-state index in [4.69, 9.17) is 0 Å². The Morgan fingerprint density at radius 3 is 2.36 bits per heavy atom. The van der Waals surface area contributed by atoms with Crippen LogP contribution in [-0.4, -0.2) is 11.9 Å². The third-order valence-corrected chi connectivity index (χ3v) is 3.89. The average molecular weight is 195 g/mol. The fourth-order valence-corrected chi connectivity index (χ4v) is 2.51. The molecule has 0 heterocycles. The number of nitrogens with one attached hydrogen (secondary N) is 1. The second-order valence-corrected chi connectivity index (χ2v) is 5.20. The summed E-state index contributed by atoms with van der Waals surface area (Å²) in [7, 11) is 0. The van der Waals surface area contributed by atoms with E-state index in [2.05, 4.69) is 19.2 Å². The lowest BCUT2D eigenvalue weighted by atomic mass is 9.86. The minimum atomic E-state index is 0.316. The molecule has 0 spiro atoms. The van der Waals surface area contributed by atoms with Gasteiger partial charge in [-0.1, -0.05) is 26.7 Å². The SMILES string of the molecule is C[C@@H]1CCCC[C@@H]1NC(=O)[C@H]1C[C@H]1C. The highest BCUT2D eigenvalue weighted by Crippen LogP contribution is 2.38. The van der Waals surface area contributed by atoms with Crippen molar-refractivity contribution in [1.82, 2.24) is 5.32 Å². The molecule has 14 heavy (non-hydrogen) atoms. The molecule has 2 rings (SSSR count). The van der Waals surface area contributed by atoms with Gasteiger partial charge in [0, 0.05) is 12.0 Å². The van der Waals surface area contributed by atoms with Gasteiger partial charge >= 0.3 is 0 Å². The summed E-state index contributed by atoms with van der Waals surface area (Å²) in [4.78, 5) is 11.7. The van der Waals surface area contributed by atoms with Gasteiger partial charge in [-0.05, 0) is 31.1 Å². The molecule has 0 aromatic rings. The lowest BCUT2D eigenvalue weighted by molar-refractivity contribution is -0.123. The van der Waals surface area contributed by atoms with E-state index in [1.807, 2.05) is 0 Å². The smallest absolute Gasteiger partial charge is 0.223 e. The first kappa shape index (κ1) is 10.0. The summed E-state index contributed by atoms with van der Waals surface area (Å²) in [5.74, 6) is 1.97. The van der Waals surface area contributed by atoms with E-state index in [-0.39, 0.29) is 0 Å². The van der Waals surface area contributed by atoms with Gasteiger partial charge in [0.2, 0.25) is 5.91 Å². The molecule has 2 saturated carbocycles. The van der Waals surface area contributed by atoms with Gasteiger partial charge in [0.25, 0.3) is 0 Å². The quantitative estimate of drug-likeness (QED) is 0.720. The van der Waals surface area contributed by atoms with E-state index >= 15 is 0 Å². The highest BCUT2D eigenvalue weighted by Gasteiger charge is 2.40. The van der Waals surface area contributed by atoms with Crippen molar-refractivity contribution in [2.45, 2.75) is 52.0 Å². The molecule has 0 radical (unpaired) electrons. The van der Waals surface area contributed by atoms with Gasteiger partial charge < -0.3 is 5.32 Å². The Balaban J connectivity index is 1.80. The van der Waals surface area contributed by atoms with Gasteiger partial charge in [-0.25, -0.2) is 0 Å². The van der Waals surface area contributed by atoms with Crippen molar-refractivity contribution in [2.75, 3.05) is 0 Å². The summed E-state index contributed by atoms with van der Waals surface area (Å²) in [6, 6.07) is 0.462. The van der Waals surface area contributed by atoms with Gasteiger partial charge in [-0.2, -0.15) is 0 Å². The molecule has 2 aliphatic carbocycles. The molecular formula is C12H21NO. The zero-order chi connectivity index (χ0) is 10.1. The van der Waals surface area contributed by atoms with Crippen LogP contribution in [0.25, 0.3) is 0 Å². The fraction of sp³-hybridized carbons (Fsp3) is 0.917. The Labute approximate surface area is 86.5 Å². The van der Waals surface area contributed by atoms with Gasteiger partial charge in [-0.3, -0.25) is 4.79 Å². The first-order valence-electron chi connectivity index (χ1n) is 5.99. The van der Waals surface area contributed by atoms with Gasteiger partial charge in [0.05, 0.1) is 0 Å². The second-order valence-electron chi connectivity index (χ2n) is 5.20. The molecule has 4 atom stereocenters. The van der Waals surface area contributed by atoms with Crippen molar-refractivity contribution < 1.29 is 4.79 Å². The van der Waals surface area contributed by atoms with Crippen LogP contribution < -0.4 is 5.32 Å². The average Bonchev–Trinajstić information content (AvgIpc) is 2.87. The van der Waals surface area contributed by atoms with Crippen LogP contribution in [0.3, 0.4) is 0 Å². The summed E-state index contributed by atoms with van der Waals surface area (Å²) in [5, 5.41) is 3.22. The van der Waals surface area contributed by atoms with Gasteiger partial charge in [-0.15, -0.1) is 0 Å². The molecule has 0 aliphatic heterocycles. The normalized spacial score (nSPS) is 41.9. The number of hydrogen-bond acceptors (Lipinski definition) is 1. The highest BCUT2D eigenvalue weighted by molar-refractivity contribution is 5.81. The number of carbonyl (C=O) groups is 1. The molecule has 0 aromatic carbocycles.